The number of nitrogens with zero attached hydrogens (tertiary/aromatic N) is 8. The second-order valence-corrected chi connectivity index (χ2v) is 15.7. The molecule has 0 bridgehead atoms. The highest BCUT2D eigenvalue weighted by atomic mass is 16.5. The van der Waals surface area contributed by atoms with E-state index in [1.807, 2.05) is 56.7 Å². The Bertz CT molecular complexity index is 2040. The SMILES string of the molecule is C[C@@H]1CCC[C@H](C)N1c1nnc2ccc(O[C@@H]3CC[C@H](NC(=O)Nc4cc(C(C)(C)C)nn4-c4cncc(OCCN(C)C)c4)c4ccccc43)cn12. The number of anilines is 2. The van der Waals surface area contributed by atoms with Gasteiger partial charge in [0.15, 0.2) is 5.65 Å². The third-order valence-electron chi connectivity index (χ3n) is 10.3. The molecule has 53 heavy (non-hydrogen) atoms. The number of urea groups is 1. The topological polar surface area (TPSA) is 127 Å². The van der Waals surface area contributed by atoms with Crippen molar-refractivity contribution in [3.63, 3.8) is 0 Å². The Morgan fingerprint density at radius 1 is 0.943 bits per heavy atom. The molecule has 1 aliphatic carbocycles. The largest absolute Gasteiger partial charge is 0.491 e. The quantitative estimate of drug-likeness (QED) is 0.156. The van der Waals surface area contributed by atoms with Crippen LogP contribution in [0.1, 0.15) is 95.7 Å². The maximum absolute atomic E-state index is 13.7. The van der Waals surface area contributed by atoms with Crippen molar-refractivity contribution in [2.24, 2.45) is 0 Å². The number of hydrogen-bond donors (Lipinski definition) is 2. The summed E-state index contributed by atoms with van der Waals surface area (Å²) in [5.41, 5.74) is 4.18. The normalized spacial score (nSPS) is 20.3. The van der Waals surface area contributed by atoms with E-state index in [0.29, 0.717) is 42.4 Å². The zero-order valence-electron chi connectivity index (χ0n) is 31.9. The Morgan fingerprint density at radius 3 is 2.47 bits per heavy atom. The number of likely N-dealkylation sites (N-methyl/N-ethyl adjacent to an activating group) is 1. The highest BCUT2D eigenvalue weighted by molar-refractivity contribution is 5.89. The van der Waals surface area contributed by atoms with Crippen molar-refractivity contribution in [2.45, 2.75) is 96.4 Å². The first-order chi connectivity index (χ1) is 25.4. The fourth-order valence-corrected chi connectivity index (χ4v) is 7.40. The van der Waals surface area contributed by atoms with Crippen LogP contribution in [0.3, 0.4) is 0 Å². The molecule has 0 saturated carbocycles. The second-order valence-electron chi connectivity index (χ2n) is 15.7. The van der Waals surface area contributed by atoms with E-state index in [0.717, 1.165) is 60.0 Å². The summed E-state index contributed by atoms with van der Waals surface area (Å²) >= 11 is 0. The Balaban J connectivity index is 1.08. The first-order valence-corrected chi connectivity index (χ1v) is 18.7. The molecule has 1 fully saturated rings. The molecule has 5 aromatic rings. The Hall–Kier alpha value is -5.17. The van der Waals surface area contributed by atoms with Crippen molar-refractivity contribution in [1.29, 1.82) is 0 Å². The fraction of sp³-hybridized carbons (Fsp3) is 0.475. The van der Waals surface area contributed by atoms with Gasteiger partial charge in [-0.15, -0.1) is 10.2 Å². The number of aromatic nitrogens is 6. The number of benzene rings is 1. The minimum atomic E-state index is -0.316. The molecule has 2 N–H and O–H groups in total. The number of rotatable bonds is 10. The van der Waals surface area contributed by atoms with Gasteiger partial charge >= 0.3 is 6.03 Å². The van der Waals surface area contributed by atoms with E-state index in [1.54, 1.807) is 17.1 Å². The van der Waals surface area contributed by atoms with Crippen LogP contribution >= 0.6 is 0 Å². The molecule has 4 atom stereocenters. The summed E-state index contributed by atoms with van der Waals surface area (Å²) in [6, 6.07) is 16.2. The third-order valence-corrected chi connectivity index (χ3v) is 10.3. The maximum atomic E-state index is 13.7. The number of carbonyl (C=O) groups excluding carboxylic acids is 1. The monoisotopic (exact) mass is 720 g/mol. The van der Waals surface area contributed by atoms with E-state index in [1.165, 1.54) is 6.42 Å². The van der Waals surface area contributed by atoms with Crippen molar-refractivity contribution in [2.75, 3.05) is 37.5 Å². The van der Waals surface area contributed by atoms with Crippen LogP contribution in [-0.4, -0.2) is 79.6 Å². The van der Waals surface area contributed by atoms with Gasteiger partial charge in [-0.3, -0.25) is 14.7 Å². The van der Waals surface area contributed by atoms with Gasteiger partial charge in [-0.1, -0.05) is 45.0 Å². The Morgan fingerprint density at radius 2 is 1.72 bits per heavy atom. The van der Waals surface area contributed by atoms with Crippen molar-refractivity contribution in [3.8, 4) is 17.2 Å². The Kier molecular flexibility index (Phi) is 10.3. The van der Waals surface area contributed by atoms with Gasteiger partial charge in [-0.25, -0.2) is 9.48 Å². The van der Waals surface area contributed by atoms with Gasteiger partial charge in [0.1, 0.15) is 30.0 Å². The average Bonchev–Trinajstić information content (AvgIpc) is 3.74. The minimum Gasteiger partial charge on any atom is -0.491 e. The predicted molar refractivity (Wildman–Crippen MR) is 206 cm³/mol. The van der Waals surface area contributed by atoms with Crippen LogP contribution in [0.2, 0.25) is 0 Å². The molecule has 13 nitrogen and oxygen atoms in total. The van der Waals surface area contributed by atoms with Crippen LogP contribution in [0.4, 0.5) is 16.6 Å². The molecule has 1 saturated heterocycles. The van der Waals surface area contributed by atoms with Gasteiger partial charge in [-0.2, -0.15) is 5.10 Å². The zero-order chi connectivity index (χ0) is 37.3. The smallest absolute Gasteiger partial charge is 0.320 e. The van der Waals surface area contributed by atoms with E-state index in [2.05, 4.69) is 86.8 Å². The van der Waals surface area contributed by atoms with E-state index in [-0.39, 0.29) is 23.6 Å². The summed E-state index contributed by atoms with van der Waals surface area (Å²) in [5, 5.41) is 20.3. The van der Waals surface area contributed by atoms with Crippen molar-refractivity contribution >= 4 is 23.4 Å². The number of nitrogens with one attached hydrogen (secondary N) is 2. The lowest BCUT2D eigenvalue weighted by Gasteiger charge is -2.39. The van der Waals surface area contributed by atoms with Crippen molar-refractivity contribution in [3.05, 3.63) is 83.9 Å². The van der Waals surface area contributed by atoms with Crippen LogP contribution in [0.25, 0.3) is 11.3 Å². The first kappa shape index (κ1) is 36.2. The third kappa shape index (κ3) is 7.95. The number of hydrogen-bond acceptors (Lipinski definition) is 9. The van der Waals surface area contributed by atoms with E-state index < -0.39 is 0 Å². The predicted octanol–water partition coefficient (Wildman–Crippen LogP) is 7.09. The summed E-state index contributed by atoms with van der Waals surface area (Å²) in [7, 11) is 4.01. The molecule has 2 aliphatic rings. The van der Waals surface area contributed by atoms with Gasteiger partial charge in [0.2, 0.25) is 5.95 Å². The molecule has 1 aliphatic heterocycles. The van der Waals surface area contributed by atoms with Crippen molar-refractivity contribution in [1.82, 2.24) is 39.6 Å². The van der Waals surface area contributed by atoms with Gasteiger partial charge in [0.05, 0.1) is 36.0 Å². The number of amides is 2. The first-order valence-electron chi connectivity index (χ1n) is 18.7. The number of ether oxygens (including phenoxy) is 2. The molecule has 1 aromatic carbocycles. The van der Waals surface area contributed by atoms with Crippen LogP contribution < -0.4 is 25.0 Å². The molecule has 7 rings (SSSR count). The van der Waals surface area contributed by atoms with Gasteiger partial charge < -0.3 is 24.6 Å². The number of piperidine rings is 1. The van der Waals surface area contributed by atoms with Gasteiger partial charge in [-0.05, 0) is 83.3 Å². The Labute approximate surface area is 311 Å². The highest BCUT2D eigenvalue weighted by Crippen LogP contribution is 2.39. The molecular formula is C40H52N10O3. The molecule has 13 heteroatoms. The minimum absolute atomic E-state index is 0.173. The van der Waals surface area contributed by atoms with Crippen LogP contribution in [0.5, 0.6) is 11.5 Å². The summed E-state index contributed by atoms with van der Waals surface area (Å²) in [5.74, 6) is 2.79. The molecule has 0 unspecified atom stereocenters. The molecule has 280 valence electrons. The van der Waals surface area contributed by atoms with E-state index in [4.69, 9.17) is 14.6 Å². The maximum Gasteiger partial charge on any atom is 0.320 e. The summed E-state index contributed by atoms with van der Waals surface area (Å²) < 4.78 is 16.4. The van der Waals surface area contributed by atoms with Crippen molar-refractivity contribution < 1.29 is 14.3 Å². The fourth-order valence-electron chi connectivity index (χ4n) is 7.40. The molecule has 4 aromatic heterocycles. The molecular weight excluding hydrogens is 669 g/mol. The van der Waals surface area contributed by atoms with Crippen LogP contribution in [-0.2, 0) is 5.41 Å². The van der Waals surface area contributed by atoms with E-state index in [9.17, 15) is 4.79 Å². The lowest BCUT2D eigenvalue weighted by molar-refractivity contribution is 0.171. The van der Waals surface area contributed by atoms with Gasteiger partial charge in [0.25, 0.3) is 0 Å². The lowest BCUT2D eigenvalue weighted by atomic mass is 9.85. The molecule has 0 spiro atoms. The average molecular weight is 721 g/mol. The zero-order valence-corrected chi connectivity index (χ0v) is 31.9. The highest BCUT2D eigenvalue weighted by Gasteiger charge is 2.31. The summed E-state index contributed by atoms with van der Waals surface area (Å²) in [6.07, 6.45) is 10.2. The molecule has 2 amide bonds. The number of pyridine rings is 2. The summed E-state index contributed by atoms with van der Waals surface area (Å²) in [4.78, 5) is 22.6. The standard InChI is InChI=1S/C40H52N10O3/c1-26-11-10-12-27(2)49(26)39-45-44-36-18-15-29(25-48(36)39)53-34-17-16-33(31-13-8-9-14-32(31)34)42-38(51)43-37-22-35(40(3,4)5)46-50(37)28-21-30(24-41-23-28)52-20-19-47(6)7/h8-9,13-15,18,21-27,33-34H,10-12,16-17,19-20H2,1-7H3,(H2,42,43,51)/t26-,27+,33-,34+/m0/s1. The van der Waals surface area contributed by atoms with Gasteiger partial charge in [0, 0.05) is 36.2 Å². The number of fused-ring (bicyclic) bond motifs is 2. The van der Waals surface area contributed by atoms with Crippen LogP contribution in [0.15, 0.2) is 67.1 Å². The van der Waals surface area contributed by atoms with Crippen LogP contribution in [0, 0.1) is 0 Å². The molecule has 0 radical (unpaired) electrons. The lowest BCUT2D eigenvalue weighted by Crippen LogP contribution is -2.44. The second kappa shape index (κ2) is 15.1. The number of carbonyl (C=O) groups is 1. The van der Waals surface area contributed by atoms with E-state index >= 15 is 0 Å². The summed E-state index contributed by atoms with van der Waals surface area (Å²) in [6.45, 7) is 12.1. The molecule has 5 heterocycles.